The Morgan fingerprint density at radius 1 is 0.136 bits per heavy atom. The van der Waals surface area contributed by atoms with Crippen LogP contribution in [0, 0.1) is 0 Å². The highest BCUT2D eigenvalue weighted by molar-refractivity contribution is 7.03. The van der Waals surface area contributed by atoms with Crippen molar-refractivity contribution in [2.75, 3.05) is 24.5 Å². The van der Waals surface area contributed by atoms with E-state index in [0.717, 1.165) is 89.8 Å². The molecule has 0 amide bonds. The number of hydrogen-bond acceptors (Lipinski definition) is 5. The van der Waals surface area contributed by atoms with E-state index in [9.17, 15) is 0 Å². The Bertz CT molecular complexity index is 8140. The maximum Gasteiger partial charge on any atom is 0.257 e. The molecule has 0 bridgehead atoms. The number of rotatable bonds is 10. The summed E-state index contributed by atoms with van der Waals surface area (Å²) in [6.07, 6.45) is 0. The van der Waals surface area contributed by atoms with Gasteiger partial charge in [0.25, 0.3) is 13.4 Å². The van der Waals surface area contributed by atoms with E-state index in [1.165, 1.54) is 159 Å². The van der Waals surface area contributed by atoms with Crippen molar-refractivity contribution >= 4 is 207 Å². The van der Waals surface area contributed by atoms with Crippen LogP contribution in [0.1, 0.15) is 0 Å². The topological polar surface area (TPSA) is 16.2 Å². The van der Waals surface area contributed by atoms with Gasteiger partial charge in [0, 0.05) is 84.4 Å². The van der Waals surface area contributed by atoms with Crippen LogP contribution in [-0.4, -0.2) is 13.4 Å². The van der Waals surface area contributed by atoms with E-state index in [2.05, 4.69) is 467 Å². The normalized spacial score (nSPS) is 13.2. The molecule has 125 heavy (non-hydrogen) atoms. The minimum atomic E-state index is -0.0673. The van der Waals surface area contributed by atoms with Gasteiger partial charge in [0.2, 0.25) is 0 Å². The number of hydrogen-bond donors (Lipinski definition) is 0. The minimum absolute atomic E-state index is 0.0652. The average molecular weight is 1580 g/mol. The molecule has 5 aliphatic heterocycles. The van der Waals surface area contributed by atoms with E-state index in [1.54, 1.807) is 0 Å². The molecule has 0 atom stereocenters. The lowest BCUT2D eigenvalue weighted by molar-refractivity contribution is 1.23. The molecular formula is C118H73B2N5. The number of nitrogens with zero attached hydrogens (tertiary/aromatic N) is 5. The molecule has 22 aromatic carbocycles. The monoisotopic (exact) mass is 1580 g/mol. The molecule has 5 aliphatic rings. The molecule has 5 heterocycles. The zero-order chi connectivity index (χ0) is 81.6. The van der Waals surface area contributed by atoms with Crippen molar-refractivity contribution in [3.8, 4) is 55.6 Å². The number of para-hydroxylation sites is 2. The highest BCUT2D eigenvalue weighted by Crippen LogP contribution is 2.55. The quantitative estimate of drug-likeness (QED) is 0.127. The maximum atomic E-state index is 2.62. The van der Waals surface area contributed by atoms with E-state index in [4.69, 9.17) is 0 Å². The van der Waals surface area contributed by atoms with Crippen molar-refractivity contribution in [2.24, 2.45) is 0 Å². The summed E-state index contributed by atoms with van der Waals surface area (Å²) >= 11 is 0. The third-order valence-electron chi connectivity index (χ3n) is 27.6. The van der Waals surface area contributed by atoms with Crippen LogP contribution in [0.5, 0.6) is 0 Å². The fraction of sp³-hybridized carbons (Fsp3) is 0. The van der Waals surface area contributed by atoms with E-state index in [1.807, 2.05) is 0 Å². The van der Waals surface area contributed by atoms with Crippen LogP contribution in [0.3, 0.4) is 0 Å². The molecule has 0 aliphatic carbocycles. The predicted octanol–water partition coefficient (Wildman–Crippen LogP) is 28.0. The number of fused-ring (bicyclic) bond motifs is 11. The lowest BCUT2D eigenvalue weighted by Crippen LogP contribution is -2.64. The van der Waals surface area contributed by atoms with Gasteiger partial charge in [-0.15, -0.1) is 0 Å². The Hall–Kier alpha value is -16.2. The third kappa shape index (κ3) is 10.4. The average Bonchev–Trinajstić information content (AvgIpc) is 0.674. The first kappa shape index (κ1) is 69.6. The number of anilines is 15. The van der Waals surface area contributed by atoms with Gasteiger partial charge in [-0.25, -0.2) is 0 Å². The molecule has 0 radical (unpaired) electrons. The van der Waals surface area contributed by atoms with Crippen molar-refractivity contribution in [1.82, 2.24) is 0 Å². The second kappa shape index (κ2) is 27.1. The Morgan fingerprint density at radius 2 is 0.392 bits per heavy atom. The first-order chi connectivity index (χ1) is 62.0. The second-order valence-electron chi connectivity index (χ2n) is 34.1. The first-order valence-electron chi connectivity index (χ1n) is 43.5. The largest absolute Gasteiger partial charge is 0.311 e. The van der Waals surface area contributed by atoms with Gasteiger partial charge >= 0.3 is 0 Å². The molecule has 7 heteroatoms. The summed E-state index contributed by atoms with van der Waals surface area (Å²) in [6, 6.07) is 167. The molecule has 0 saturated heterocycles. The van der Waals surface area contributed by atoms with Crippen LogP contribution >= 0.6 is 0 Å². The van der Waals surface area contributed by atoms with Crippen molar-refractivity contribution in [3.63, 3.8) is 0 Å². The van der Waals surface area contributed by atoms with Gasteiger partial charge in [-0.3, -0.25) is 0 Å². The summed E-state index contributed by atoms with van der Waals surface area (Å²) in [5.74, 6) is 0. The first-order valence-corrected chi connectivity index (χ1v) is 43.5. The summed E-state index contributed by atoms with van der Waals surface area (Å²) in [6.45, 7) is -0.133. The van der Waals surface area contributed by atoms with Gasteiger partial charge in [0.05, 0.1) is 17.1 Å². The Labute approximate surface area is 724 Å². The van der Waals surface area contributed by atoms with E-state index in [0.29, 0.717) is 0 Å². The highest BCUT2D eigenvalue weighted by atomic mass is 15.2. The fourth-order valence-corrected chi connectivity index (χ4v) is 22.4. The smallest absolute Gasteiger partial charge is 0.257 e. The highest BCUT2D eigenvalue weighted by Gasteiger charge is 2.50. The van der Waals surface area contributed by atoms with Gasteiger partial charge in [0.1, 0.15) is 0 Å². The molecule has 22 aromatic rings. The van der Waals surface area contributed by atoms with E-state index in [-0.39, 0.29) is 13.4 Å². The van der Waals surface area contributed by atoms with Crippen LogP contribution in [0.2, 0.25) is 0 Å². The van der Waals surface area contributed by atoms with Crippen molar-refractivity contribution in [1.29, 1.82) is 0 Å². The molecule has 0 saturated carbocycles. The predicted molar refractivity (Wildman–Crippen MR) is 532 cm³/mol. The van der Waals surface area contributed by atoms with Gasteiger partial charge in [-0.05, 0) is 275 Å². The lowest BCUT2D eigenvalue weighted by Gasteiger charge is -2.49. The van der Waals surface area contributed by atoms with E-state index >= 15 is 0 Å². The maximum absolute atomic E-state index is 2.62. The van der Waals surface area contributed by atoms with Crippen molar-refractivity contribution < 1.29 is 0 Å². The Kier molecular flexibility index (Phi) is 15.1. The summed E-state index contributed by atoms with van der Waals surface area (Å²) < 4.78 is 0. The zero-order valence-corrected chi connectivity index (χ0v) is 68.0. The van der Waals surface area contributed by atoms with Gasteiger partial charge < -0.3 is 24.5 Å². The minimum Gasteiger partial charge on any atom is -0.311 e. The molecule has 0 spiro atoms. The molecule has 0 aromatic heterocycles. The molecule has 0 N–H and O–H groups in total. The summed E-state index contributed by atoms with van der Waals surface area (Å²) in [5.41, 5.74) is 36.7. The standard InChI is InChI=1S/C118H73B2N5/c1-7-39-89-74(27-1)33-17-45-92(89)83-67-84(93-46-18-34-75-28-2-8-40-90(75)93)70-87(69-83)121-104-51-15-13-49-100(104)119-101-50-14-16-52-105(101)122(107-56-23-55-106(121)115(107)119)88-71-85(94-47-19-35-76-29-3-9-41-91(76)94)68-86(72-88)95-48-20-38-80-65-79(63-64-96(80)95)82-66-81-32-6-12-44-99(81)114(73-82)125-112-61-25-59-110-117(112)120-116-108(123(110)102-53-21-36-77-30-4-10-42-97(77)102)57-24-58-109(116)124(111-60-26-62-113(125)118(111)120)103-54-22-37-78-31-5-11-43-98(78)103/h1-73H. The summed E-state index contributed by atoms with van der Waals surface area (Å²) in [5, 5.41) is 16.8. The number of benzene rings is 22. The second-order valence-corrected chi connectivity index (χ2v) is 34.1. The molecule has 27 rings (SSSR count). The molecule has 0 fully saturated rings. The summed E-state index contributed by atoms with van der Waals surface area (Å²) in [7, 11) is 0. The van der Waals surface area contributed by atoms with Crippen LogP contribution in [0.25, 0.3) is 131 Å². The van der Waals surface area contributed by atoms with Crippen LogP contribution in [0.4, 0.5) is 85.3 Å². The summed E-state index contributed by atoms with van der Waals surface area (Å²) in [4.78, 5) is 12.9. The SMILES string of the molecule is c1ccc2c(c1)B1c3ccccc3N(c3cc(-c4cccc5ccccc45)cc(-c4cccc5cc(-c6cc(N7c8cccc9c8B8c%10c(cccc%10N(c%10cccc%11ccccc%10%11)c%10cccc7c%108)N9c7cccc8ccccc78)c7ccccc7c6)ccc45)c3)c3cccc(c31)N2c1cc(-c2cccc3ccccc23)cc(-c2cccc3ccccc23)c1. The lowest BCUT2D eigenvalue weighted by atomic mass is 9.32. The van der Waals surface area contributed by atoms with Gasteiger partial charge in [0.15, 0.2) is 0 Å². The van der Waals surface area contributed by atoms with E-state index < -0.39 is 0 Å². The molecule has 0 unspecified atom stereocenters. The zero-order valence-electron chi connectivity index (χ0n) is 68.0. The van der Waals surface area contributed by atoms with Crippen LogP contribution in [0.15, 0.2) is 443 Å². The molecule has 5 nitrogen and oxygen atoms in total. The van der Waals surface area contributed by atoms with Crippen LogP contribution in [-0.2, 0) is 0 Å². The van der Waals surface area contributed by atoms with Crippen molar-refractivity contribution in [3.05, 3.63) is 443 Å². The Balaban J connectivity index is 0.632. The third-order valence-corrected chi connectivity index (χ3v) is 27.6. The van der Waals surface area contributed by atoms with Crippen molar-refractivity contribution in [2.45, 2.75) is 0 Å². The Morgan fingerprint density at radius 3 is 0.800 bits per heavy atom. The fourth-order valence-electron chi connectivity index (χ4n) is 22.4. The molecule has 576 valence electrons. The van der Waals surface area contributed by atoms with Gasteiger partial charge in [-0.1, -0.05) is 315 Å². The van der Waals surface area contributed by atoms with Gasteiger partial charge in [-0.2, -0.15) is 0 Å². The molecular weight excluding hydrogens is 1510 g/mol. The van der Waals surface area contributed by atoms with Crippen LogP contribution < -0.4 is 57.3 Å².